The zero-order valence-corrected chi connectivity index (χ0v) is 15.1. The van der Waals surface area contributed by atoms with Crippen molar-refractivity contribution in [2.75, 3.05) is 13.3 Å². The number of ether oxygens (including phenoxy) is 2. The van der Waals surface area contributed by atoms with Crippen molar-refractivity contribution >= 4 is 23.3 Å². The van der Waals surface area contributed by atoms with Gasteiger partial charge in [-0.2, -0.15) is 11.3 Å². The molecule has 0 bridgehead atoms. The molecule has 7 heteroatoms. The smallest absolute Gasteiger partial charge is 0.244 e. The minimum absolute atomic E-state index is 0.0565. The van der Waals surface area contributed by atoms with E-state index in [4.69, 9.17) is 13.9 Å². The van der Waals surface area contributed by atoms with Crippen LogP contribution in [-0.2, 0) is 4.79 Å². The molecule has 0 aliphatic carbocycles. The molecule has 138 valence electrons. The van der Waals surface area contributed by atoms with E-state index in [0.717, 1.165) is 11.1 Å². The highest BCUT2D eigenvalue weighted by molar-refractivity contribution is 7.08. The highest BCUT2D eigenvalue weighted by Gasteiger charge is 2.15. The van der Waals surface area contributed by atoms with Crippen molar-refractivity contribution in [2.24, 2.45) is 0 Å². The number of aliphatic hydroxyl groups is 1. The summed E-state index contributed by atoms with van der Waals surface area (Å²) in [7, 11) is 0. The number of carbonyl (C=O) groups excluding carboxylic acids is 1. The fourth-order valence-corrected chi connectivity index (χ4v) is 3.28. The predicted molar refractivity (Wildman–Crippen MR) is 102 cm³/mol. The molecule has 1 atom stereocenters. The van der Waals surface area contributed by atoms with Gasteiger partial charge in [-0.25, -0.2) is 0 Å². The van der Waals surface area contributed by atoms with E-state index in [2.05, 4.69) is 5.32 Å². The van der Waals surface area contributed by atoms with Crippen molar-refractivity contribution in [3.63, 3.8) is 0 Å². The summed E-state index contributed by atoms with van der Waals surface area (Å²) < 4.78 is 16.2. The molecule has 1 aliphatic heterocycles. The first kappa shape index (κ1) is 17.4. The summed E-state index contributed by atoms with van der Waals surface area (Å²) in [5.41, 5.74) is 1.79. The van der Waals surface area contributed by atoms with Gasteiger partial charge in [0.1, 0.15) is 17.6 Å². The molecule has 2 aromatic heterocycles. The van der Waals surface area contributed by atoms with Crippen LogP contribution < -0.4 is 14.8 Å². The number of rotatable bonds is 6. The minimum Gasteiger partial charge on any atom is -0.458 e. The molecule has 0 unspecified atom stereocenters. The van der Waals surface area contributed by atoms with Crippen LogP contribution in [-0.4, -0.2) is 24.4 Å². The third kappa shape index (κ3) is 4.05. The van der Waals surface area contributed by atoms with Crippen molar-refractivity contribution in [1.82, 2.24) is 5.32 Å². The van der Waals surface area contributed by atoms with Gasteiger partial charge in [0.15, 0.2) is 11.5 Å². The monoisotopic (exact) mass is 383 g/mol. The Kier molecular flexibility index (Phi) is 4.95. The van der Waals surface area contributed by atoms with Crippen LogP contribution in [0.25, 0.3) is 17.4 Å². The molecule has 27 heavy (non-hydrogen) atoms. The van der Waals surface area contributed by atoms with Gasteiger partial charge < -0.3 is 24.3 Å². The molecule has 1 aromatic carbocycles. The van der Waals surface area contributed by atoms with Crippen molar-refractivity contribution in [3.05, 3.63) is 64.6 Å². The van der Waals surface area contributed by atoms with E-state index in [-0.39, 0.29) is 19.2 Å². The zero-order chi connectivity index (χ0) is 18.6. The lowest BCUT2D eigenvalue weighted by atomic mass is 10.2. The Morgan fingerprint density at radius 3 is 2.96 bits per heavy atom. The molecule has 0 radical (unpaired) electrons. The average Bonchev–Trinajstić information content (AvgIpc) is 3.44. The highest BCUT2D eigenvalue weighted by Crippen LogP contribution is 2.32. The normalized spacial score (nSPS) is 13.8. The van der Waals surface area contributed by atoms with Crippen LogP contribution >= 0.6 is 11.3 Å². The lowest BCUT2D eigenvalue weighted by Crippen LogP contribution is -2.26. The number of benzene rings is 1. The second kappa shape index (κ2) is 7.69. The van der Waals surface area contributed by atoms with Gasteiger partial charge >= 0.3 is 0 Å². The van der Waals surface area contributed by atoms with E-state index >= 15 is 0 Å². The maximum atomic E-state index is 12.0. The summed E-state index contributed by atoms with van der Waals surface area (Å²) in [5, 5.41) is 16.8. The molecule has 0 fully saturated rings. The fourth-order valence-electron chi connectivity index (χ4n) is 2.64. The summed E-state index contributed by atoms with van der Waals surface area (Å²) in [5.74, 6) is 2.15. The Balaban J connectivity index is 1.31. The van der Waals surface area contributed by atoms with Gasteiger partial charge in [0, 0.05) is 17.0 Å². The zero-order valence-electron chi connectivity index (χ0n) is 14.3. The molecular formula is C20H17NO5S. The first-order valence-corrected chi connectivity index (χ1v) is 9.29. The van der Waals surface area contributed by atoms with E-state index < -0.39 is 6.10 Å². The van der Waals surface area contributed by atoms with Crippen LogP contribution in [0.1, 0.15) is 17.4 Å². The number of amides is 1. The SMILES string of the molecule is O=C(/C=C/c1ccc2c(c1)OCO2)NC[C@H](O)c1ccc(-c2ccsc2)o1. The molecule has 2 N–H and O–H groups in total. The summed E-state index contributed by atoms with van der Waals surface area (Å²) in [6, 6.07) is 10.9. The van der Waals surface area contributed by atoms with Crippen molar-refractivity contribution in [3.8, 4) is 22.8 Å². The van der Waals surface area contributed by atoms with Crippen LogP contribution in [0, 0.1) is 0 Å². The van der Waals surface area contributed by atoms with Crippen molar-refractivity contribution in [1.29, 1.82) is 0 Å². The summed E-state index contributed by atoms with van der Waals surface area (Å²) >= 11 is 1.57. The largest absolute Gasteiger partial charge is 0.458 e. The highest BCUT2D eigenvalue weighted by atomic mass is 32.1. The van der Waals surface area contributed by atoms with Gasteiger partial charge in [0.25, 0.3) is 0 Å². The van der Waals surface area contributed by atoms with Crippen molar-refractivity contribution < 1.29 is 23.8 Å². The fraction of sp³-hybridized carbons (Fsp3) is 0.150. The van der Waals surface area contributed by atoms with Gasteiger partial charge in [0.2, 0.25) is 12.7 Å². The molecule has 0 saturated heterocycles. The first-order valence-electron chi connectivity index (χ1n) is 8.35. The second-order valence-electron chi connectivity index (χ2n) is 5.92. The minimum atomic E-state index is -0.916. The van der Waals surface area contributed by atoms with Gasteiger partial charge in [-0.15, -0.1) is 0 Å². The number of hydrogen-bond acceptors (Lipinski definition) is 6. The van der Waals surface area contributed by atoms with Crippen LogP contribution in [0.3, 0.4) is 0 Å². The Hall–Kier alpha value is -3.03. The molecule has 3 aromatic rings. The number of fused-ring (bicyclic) bond motifs is 1. The van der Waals surface area contributed by atoms with Gasteiger partial charge in [-0.1, -0.05) is 6.07 Å². The summed E-state index contributed by atoms with van der Waals surface area (Å²) in [6.07, 6.45) is 2.16. The van der Waals surface area contributed by atoms with Crippen LogP contribution in [0.4, 0.5) is 0 Å². The predicted octanol–water partition coefficient (Wildman–Crippen LogP) is 3.60. The molecule has 3 heterocycles. The second-order valence-corrected chi connectivity index (χ2v) is 6.70. The maximum absolute atomic E-state index is 12.0. The summed E-state index contributed by atoms with van der Waals surface area (Å²) in [4.78, 5) is 12.0. The standard InChI is InChI=1S/C20H17NO5S/c22-15(17-5-4-16(26-17)14-7-8-27-11-14)10-21-20(23)6-2-13-1-3-18-19(9-13)25-12-24-18/h1-9,11,15,22H,10,12H2,(H,21,23)/b6-2+/t15-/m0/s1. The average molecular weight is 383 g/mol. The summed E-state index contributed by atoms with van der Waals surface area (Å²) in [6.45, 7) is 0.267. The third-order valence-electron chi connectivity index (χ3n) is 4.05. The van der Waals surface area contributed by atoms with Crippen LogP contribution in [0.15, 0.2) is 57.7 Å². The van der Waals surface area contributed by atoms with Crippen LogP contribution in [0.2, 0.25) is 0 Å². The molecule has 1 amide bonds. The van der Waals surface area contributed by atoms with Gasteiger partial charge in [0.05, 0.1) is 6.54 Å². The number of hydrogen-bond donors (Lipinski definition) is 2. The van der Waals surface area contributed by atoms with Gasteiger partial charge in [-0.05, 0) is 47.4 Å². The van der Waals surface area contributed by atoms with Crippen LogP contribution in [0.5, 0.6) is 11.5 Å². The lowest BCUT2D eigenvalue weighted by molar-refractivity contribution is -0.116. The topological polar surface area (TPSA) is 80.9 Å². The Morgan fingerprint density at radius 1 is 1.22 bits per heavy atom. The third-order valence-corrected chi connectivity index (χ3v) is 4.74. The Bertz CT molecular complexity index is 961. The molecule has 0 spiro atoms. The quantitative estimate of drug-likeness (QED) is 0.636. The Morgan fingerprint density at radius 2 is 2.11 bits per heavy atom. The molecule has 6 nitrogen and oxygen atoms in total. The van der Waals surface area contributed by atoms with E-state index in [1.54, 1.807) is 35.6 Å². The Labute approximate surface area is 159 Å². The molecule has 0 saturated carbocycles. The van der Waals surface area contributed by atoms with E-state index in [1.165, 1.54) is 6.08 Å². The van der Waals surface area contributed by atoms with Crippen molar-refractivity contribution in [2.45, 2.75) is 6.10 Å². The number of furan rings is 1. The van der Waals surface area contributed by atoms with Gasteiger partial charge in [-0.3, -0.25) is 4.79 Å². The molecule has 1 aliphatic rings. The number of thiophene rings is 1. The van der Waals surface area contributed by atoms with E-state index in [1.807, 2.05) is 29.0 Å². The number of aliphatic hydroxyl groups excluding tert-OH is 1. The maximum Gasteiger partial charge on any atom is 0.244 e. The molecular weight excluding hydrogens is 366 g/mol. The lowest BCUT2D eigenvalue weighted by Gasteiger charge is -2.08. The number of nitrogens with one attached hydrogen (secondary N) is 1. The first-order chi connectivity index (χ1) is 13.2. The van der Waals surface area contributed by atoms with E-state index in [0.29, 0.717) is 23.0 Å². The van der Waals surface area contributed by atoms with E-state index in [9.17, 15) is 9.90 Å². The molecule has 4 rings (SSSR count). The number of carbonyl (C=O) groups is 1.